The van der Waals surface area contributed by atoms with Crippen molar-refractivity contribution in [2.75, 3.05) is 31.8 Å². The van der Waals surface area contributed by atoms with Gasteiger partial charge in [-0.15, -0.1) is 0 Å². The highest BCUT2D eigenvalue weighted by molar-refractivity contribution is 7.99. The Morgan fingerprint density at radius 1 is 1.38 bits per heavy atom. The molecule has 0 aromatic rings. The average Bonchev–Trinajstić information content (AvgIpc) is 2.31. The first-order valence-corrected chi connectivity index (χ1v) is 7.82. The van der Waals surface area contributed by atoms with E-state index in [1.807, 2.05) is 7.11 Å². The molecule has 2 unspecified atom stereocenters. The van der Waals surface area contributed by atoms with Crippen LogP contribution in [0.5, 0.6) is 0 Å². The van der Waals surface area contributed by atoms with E-state index in [2.05, 4.69) is 17.1 Å². The smallest absolute Gasteiger partial charge is 0.0644 e. The van der Waals surface area contributed by atoms with Crippen LogP contribution in [0.25, 0.3) is 0 Å². The summed E-state index contributed by atoms with van der Waals surface area (Å²) in [5, 5.41) is 3.75. The molecule has 0 amide bonds. The lowest BCUT2D eigenvalue weighted by Gasteiger charge is -2.41. The van der Waals surface area contributed by atoms with E-state index in [0.29, 0.717) is 5.54 Å². The van der Waals surface area contributed by atoms with Gasteiger partial charge in [0.1, 0.15) is 0 Å². The number of piperidine rings is 1. The molecule has 0 bridgehead atoms. The van der Waals surface area contributed by atoms with E-state index < -0.39 is 0 Å². The number of nitrogens with one attached hydrogen (secondary N) is 1. The monoisotopic (exact) mass is 243 g/mol. The quantitative estimate of drug-likeness (QED) is 0.820. The van der Waals surface area contributed by atoms with E-state index in [9.17, 15) is 0 Å². The zero-order valence-corrected chi connectivity index (χ0v) is 11.3. The van der Waals surface area contributed by atoms with Gasteiger partial charge in [-0.25, -0.2) is 0 Å². The van der Waals surface area contributed by atoms with Crippen LogP contribution in [0.4, 0.5) is 0 Å². The topological polar surface area (TPSA) is 21.3 Å². The highest BCUT2D eigenvalue weighted by Gasteiger charge is 2.34. The standard InChI is InChI=1S/C13H25NOS/c1-15-11-13(6-2-3-7-14-13)9-12-5-4-8-16-10-12/h12,14H,2-11H2,1H3. The molecule has 0 radical (unpaired) electrons. The first-order valence-electron chi connectivity index (χ1n) is 6.66. The fourth-order valence-corrected chi connectivity index (χ4v) is 4.34. The third-order valence-corrected chi connectivity index (χ3v) is 5.22. The number of hydrogen-bond donors (Lipinski definition) is 1. The van der Waals surface area contributed by atoms with Crippen LogP contribution in [0, 0.1) is 5.92 Å². The largest absolute Gasteiger partial charge is 0.383 e. The minimum atomic E-state index is 0.301. The van der Waals surface area contributed by atoms with E-state index in [4.69, 9.17) is 4.74 Å². The van der Waals surface area contributed by atoms with Crippen LogP contribution in [-0.2, 0) is 4.74 Å². The van der Waals surface area contributed by atoms with Crippen LogP contribution in [-0.4, -0.2) is 37.3 Å². The first-order chi connectivity index (χ1) is 7.85. The summed E-state index contributed by atoms with van der Waals surface area (Å²) in [6.07, 6.45) is 8.19. The lowest BCUT2D eigenvalue weighted by Crippen LogP contribution is -2.53. The van der Waals surface area contributed by atoms with Crippen LogP contribution in [0.15, 0.2) is 0 Å². The van der Waals surface area contributed by atoms with Crippen molar-refractivity contribution in [3.05, 3.63) is 0 Å². The van der Waals surface area contributed by atoms with Crippen molar-refractivity contribution in [1.82, 2.24) is 5.32 Å². The molecule has 2 rings (SSSR count). The summed E-state index contributed by atoms with van der Waals surface area (Å²) < 4.78 is 5.46. The average molecular weight is 243 g/mol. The molecular weight excluding hydrogens is 218 g/mol. The highest BCUT2D eigenvalue weighted by atomic mass is 32.2. The minimum Gasteiger partial charge on any atom is -0.383 e. The molecule has 16 heavy (non-hydrogen) atoms. The zero-order chi connectivity index (χ0) is 11.3. The molecule has 0 aromatic carbocycles. The van der Waals surface area contributed by atoms with Gasteiger partial charge in [0.2, 0.25) is 0 Å². The molecule has 2 atom stereocenters. The minimum absolute atomic E-state index is 0.301. The SMILES string of the molecule is COCC1(CC2CCCSC2)CCCCN1. The van der Waals surface area contributed by atoms with Gasteiger partial charge in [-0.1, -0.05) is 6.42 Å². The van der Waals surface area contributed by atoms with Crippen molar-refractivity contribution >= 4 is 11.8 Å². The molecule has 0 aliphatic carbocycles. The van der Waals surface area contributed by atoms with Gasteiger partial charge in [0, 0.05) is 12.6 Å². The lowest BCUT2D eigenvalue weighted by atomic mass is 9.80. The molecule has 2 saturated heterocycles. The number of hydrogen-bond acceptors (Lipinski definition) is 3. The van der Waals surface area contributed by atoms with E-state index in [-0.39, 0.29) is 0 Å². The van der Waals surface area contributed by atoms with Crippen LogP contribution < -0.4 is 5.32 Å². The summed E-state index contributed by atoms with van der Waals surface area (Å²) in [6.45, 7) is 2.08. The Bertz CT molecular complexity index is 193. The number of methoxy groups -OCH3 is 1. The van der Waals surface area contributed by atoms with Gasteiger partial charge in [0.05, 0.1) is 6.61 Å². The van der Waals surface area contributed by atoms with Crippen molar-refractivity contribution < 1.29 is 4.74 Å². The summed E-state index contributed by atoms with van der Waals surface area (Å²) in [4.78, 5) is 0. The Hall–Kier alpha value is 0.270. The number of thioether (sulfide) groups is 1. The Labute approximate surface area is 104 Å². The zero-order valence-electron chi connectivity index (χ0n) is 10.5. The van der Waals surface area contributed by atoms with Gasteiger partial charge in [-0.05, 0) is 56.1 Å². The summed E-state index contributed by atoms with van der Waals surface area (Å²) in [5.74, 6) is 3.66. The Morgan fingerprint density at radius 2 is 2.31 bits per heavy atom. The van der Waals surface area contributed by atoms with Crippen LogP contribution in [0.1, 0.15) is 38.5 Å². The molecule has 2 aliphatic heterocycles. The van der Waals surface area contributed by atoms with E-state index >= 15 is 0 Å². The summed E-state index contributed by atoms with van der Waals surface area (Å²) >= 11 is 2.14. The molecule has 2 heterocycles. The maximum absolute atomic E-state index is 5.46. The molecule has 2 aliphatic rings. The Balaban J connectivity index is 1.89. The predicted octanol–water partition coefficient (Wildman–Crippen LogP) is 2.68. The van der Waals surface area contributed by atoms with E-state index in [1.54, 1.807) is 0 Å². The molecular formula is C13H25NOS. The maximum Gasteiger partial charge on any atom is 0.0644 e. The lowest BCUT2D eigenvalue weighted by molar-refractivity contribution is 0.0724. The van der Waals surface area contributed by atoms with Gasteiger partial charge >= 0.3 is 0 Å². The second kappa shape index (κ2) is 6.27. The van der Waals surface area contributed by atoms with Crippen molar-refractivity contribution in [1.29, 1.82) is 0 Å². The van der Waals surface area contributed by atoms with Crippen molar-refractivity contribution in [2.45, 2.75) is 44.1 Å². The van der Waals surface area contributed by atoms with Crippen molar-refractivity contribution in [2.24, 2.45) is 5.92 Å². The van der Waals surface area contributed by atoms with Gasteiger partial charge in [0.15, 0.2) is 0 Å². The molecule has 0 saturated carbocycles. The second-order valence-electron chi connectivity index (χ2n) is 5.38. The summed E-state index contributed by atoms with van der Waals surface area (Å²) in [7, 11) is 1.84. The van der Waals surface area contributed by atoms with Crippen LogP contribution in [0.3, 0.4) is 0 Å². The van der Waals surface area contributed by atoms with Gasteiger partial charge < -0.3 is 10.1 Å². The predicted molar refractivity (Wildman–Crippen MR) is 71.1 cm³/mol. The molecule has 2 nitrogen and oxygen atoms in total. The molecule has 94 valence electrons. The summed E-state index contributed by atoms with van der Waals surface area (Å²) in [6, 6.07) is 0. The van der Waals surface area contributed by atoms with Crippen molar-refractivity contribution in [3.63, 3.8) is 0 Å². The molecule has 3 heteroatoms. The van der Waals surface area contributed by atoms with E-state index in [1.165, 1.54) is 56.6 Å². The molecule has 0 aromatic heterocycles. The molecule has 0 spiro atoms. The van der Waals surface area contributed by atoms with Gasteiger partial charge in [0.25, 0.3) is 0 Å². The molecule has 2 fully saturated rings. The van der Waals surface area contributed by atoms with Crippen LogP contribution >= 0.6 is 11.8 Å². The number of ether oxygens (including phenoxy) is 1. The second-order valence-corrected chi connectivity index (χ2v) is 6.53. The highest BCUT2D eigenvalue weighted by Crippen LogP contribution is 2.33. The van der Waals surface area contributed by atoms with Crippen molar-refractivity contribution in [3.8, 4) is 0 Å². The van der Waals surface area contributed by atoms with E-state index in [0.717, 1.165) is 12.5 Å². The maximum atomic E-state index is 5.46. The fraction of sp³-hybridized carbons (Fsp3) is 1.00. The number of rotatable bonds is 4. The molecule has 1 N–H and O–H groups in total. The normalized spacial score (nSPS) is 36.2. The van der Waals surface area contributed by atoms with Gasteiger partial charge in [-0.3, -0.25) is 0 Å². The fourth-order valence-electron chi connectivity index (χ4n) is 3.18. The van der Waals surface area contributed by atoms with Crippen LogP contribution in [0.2, 0.25) is 0 Å². The third kappa shape index (κ3) is 3.38. The Kier molecular flexibility index (Phi) is 4.98. The Morgan fingerprint density at radius 3 is 2.94 bits per heavy atom. The third-order valence-electron chi connectivity index (χ3n) is 3.94. The van der Waals surface area contributed by atoms with Gasteiger partial charge in [-0.2, -0.15) is 11.8 Å². The summed E-state index contributed by atoms with van der Waals surface area (Å²) in [5.41, 5.74) is 0.301. The first kappa shape index (κ1) is 12.7.